The zero-order valence-electron chi connectivity index (χ0n) is 7.87. The average molecular weight is 179 g/mol. The summed E-state index contributed by atoms with van der Waals surface area (Å²) in [4.78, 5) is 8.07. The zero-order chi connectivity index (χ0) is 9.68. The topological polar surface area (TPSA) is 47.0 Å². The summed E-state index contributed by atoms with van der Waals surface area (Å²) in [6.45, 7) is 6.39. The smallest absolute Gasteiger partial charge is 0.223 e. The molecule has 0 aliphatic rings. The van der Waals surface area contributed by atoms with E-state index in [1.54, 1.807) is 19.5 Å². The van der Waals surface area contributed by atoms with Crippen LogP contribution in [0.3, 0.4) is 0 Å². The molecule has 1 aromatic rings. The SMILES string of the molecule is C=C(C)CNc1ncc(OC)cn1. The summed E-state index contributed by atoms with van der Waals surface area (Å²) in [7, 11) is 1.58. The van der Waals surface area contributed by atoms with E-state index in [-0.39, 0.29) is 0 Å². The Morgan fingerprint density at radius 3 is 2.62 bits per heavy atom. The number of nitrogens with one attached hydrogen (secondary N) is 1. The second-order valence-corrected chi connectivity index (χ2v) is 2.76. The third-order valence-corrected chi connectivity index (χ3v) is 1.41. The molecule has 1 N–H and O–H groups in total. The molecule has 0 aliphatic carbocycles. The highest BCUT2D eigenvalue weighted by atomic mass is 16.5. The molecule has 0 saturated carbocycles. The number of hydrogen-bond acceptors (Lipinski definition) is 4. The molecule has 13 heavy (non-hydrogen) atoms. The first-order chi connectivity index (χ1) is 6.22. The van der Waals surface area contributed by atoms with Crippen molar-refractivity contribution in [2.45, 2.75) is 6.92 Å². The van der Waals surface area contributed by atoms with Crippen molar-refractivity contribution in [3.63, 3.8) is 0 Å². The fourth-order valence-electron chi connectivity index (χ4n) is 0.743. The van der Waals surface area contributed by atoms with Gasteiger partial charge in [-0.25, -0.2) is 9.97 Å². The molecule has 0 fully saturated rings. The molecule has 1 aromatic heterocycles. The fraction of sp³-hybridized carbons (Fsp3) is 0.333. The normalized spacial score (nSPS) is 9.38. The molecule has 4 heteroatoms. The molecule has 4 nitrogen and oxygen atoms in total. The minimum atomic E-state index is 0.587. The van der Waals surface area contributed by atoms with Crippen molar-refractivity contribution >= 4 is 5.95 Å². The number of aromatic nitrogens is 2. The van der Waals surface area contributed by atoms with Crippen LogP contribution >= 0.6 is 0 Å². The van der Waals surface area contributed by atoms with E-state index in [1.165, 1.54) is 0 Å². The Balaban J connectivity index is 2.54. The van der Waals surface area contributed by atoms with Gasteiger partial charge in [-0.15, -0.1) is 0 Å². The average Bonchev–Trinajstić information content (AvgIpc) is 2.15. The minimum absolute atomic E-state index is 0.587. The van der Waals surface area contributed by atoms with Crippen molar-refractivity contribution in [3.8, 4) is 5.75 Å². The van der Waals surface area contributed by atoms with Crippen LogP contribution in [0.2, 0.25) is 0 Å². The van der Waals surface area contributed by atoms with E-state index in [9.17, 15) is 0 Å². The molecule has 0 saturated heterocycles. The highest BCUT2D eigenvalue weighted by Gasteiger charge is 1.95. The monoisotopic (exact) mass is 179 g/mol. The molecule has 0 aliphatic heterocycles. The number of nitrogens with zero attached hydrogens (tertiary/aromatic N) is 2. The van der Waals surface area contributed by atoms with Crippen LogP contribution in [0.1, 0.15) is 6.92 Å². The molecule has 0 unspecified atom stereocenters. The van der Waals surface area contributed by atoms with E-state index in [0.29, 0.717) is 18.2 Å². The molecule has 70 valence electrons. The van der Waals surface area contributed by atoms with Crippen LogP contribution in [0.5, 0.6) is 5.75 Å². The Bertz CT molecular complexity index is 281. The van der Waals surface area contributed by atoms with E-state index in [1.807, 2.05) is 6.92 Å². The van der Waals surface area contributed by atoms with Gasteiger partial charge in [0.15, 0.2) is 5.75 Å². The predicted molar refractivity (Wildman–Crippen MR) is 51.9 cm³/mol. The van der Waals surface area contributed by atoms with Crippen molar-refractivity contribution in [2.75, 3.05) is 19.0 Å². The van der Waals surface area contributed by atoms with Gasteiger partial charge >= 0.3 is 0 Å². The van der Waals surface area contributed by atoms with Gasteiger partial charge in [-0.3, -0.25) is 0 Å². The Morgan fingerprint density at radius 1 is 1.54 bits per heavy atom. The van der Waals surface area contributed by atoms with Crippen molar-refractivity contribution < 1.29 is 4.74 Å². The largest absolute Gasteiger partial charge is 0.494 e. The molecule has 0 atom stereocenters. The molecule has 1 rings (SSSR count). The summed E-state index contributed by atoms with van der Waals surface area (Å²) in [6.07, 6.45) is 3.24. The summed E-state index contributed by atoms with van der Waals surface area (Å²) in [5, 5.41) is 3.02. The number of hydrogen-bond donors (Lipinski definition) is 1. The lowest BCUT2D eigenvalue weighted by Gasteiger charge is -2.03. The second-order valence-electron chi connectivity index (χ2n) is 2.76. The summed E-state index contributed by atoms with van der Waals surface area (Å²) in [5.41, 5.74) is 1.04. The first-order valence-electron chi connectivity index (χ1n) is 3.96. The Morgan fingerprint density at radius 2 is 2.15 bits per heavy atom. The maximum atomic E-state index is 4.92. The van der Waals surface area contributed by atoms with Gasteiger partial charge in [-0.05, 0) is 6.92 Å². The molecule has 1 heterocycles. The third kappa shape index (κ3) is 3.11. The van der Waals surface area contributed by atoms with E-state index < -0.39 is 0 Å². The molecule has 0 amide bonds. The first-order valence-corrected chi connectivity index (χ1v) is 3.96. The lowest BCUT2D eigenvalue weighted by molar-refractivity contribution is 0.411. The maximum absolute atomic E-state index is 4.92. The number of anilines is 1. The van der Waals surface area contributed by atoms with Crippen LogP contribution in [-0.4, -0.2) is 23.6 Å². The van der Waals surface area contributed by atoms with Crippen LogP contribution in [0.4, 0.5) is 5.95 Å². The van der Waals surface area contributed by atoms with Gasteiger partial charge in [0.05, 0.1) is 19.5 Å². The molecule has 0 radical (unpaired) electrons. The lowest BCUT2D eigenvalue weighted by Crippen LogP contribution is -2.05. The molecule has 0 spiro atoms. The van der Waals surface area contributed by atoms with Crippen LogP contribution in [0, 0.1) is 0 Å². The van der Waals surface area contributed by atoms with Gasteiger partial charge in [-0.1, -0.05) is 12.2 Å². The lowest BCUT2D eigenvalue weighted by atomic mass is 10.3. The van der Waals surface area contributed by atoms with Gasteiger partial charge in [0.2, 0.25) is 5.95 Å². The first kappa shape index (κ1) is 9.51. The molecule has 0 bridgehead atoms. The van der Waals surface area contributed by atoms with Gasteiger partial charge in [0.25, 0.3) is 0 Å². The van der Waals surface area contributed by atoms with Crippen molar-refractivity contribution in [1.29, 1.82) is 0 Å². The zero-order valence-corrected chi connectivity index (χ0v) is 7.87. The quantitative estimate of drug-likeness (QED) is 0.711. The van der Waals surface area contributed by atoms with E-state index in [2.05, 4.69) is 21.9 Å². The van der Waals surface area contributed by atoms with Crippen LogP contribution in [0.25, 0.3) is 0 Å². The highest BCUT2D eigenvalue weighted by Crippen LogP contribution is 2.06. The van der Waals surface area contributed by atoms with Crippen molar-refractivity contribution in [2.24, 2.45) is 0 Å². The summed E-state index contributed by atoms with van der Waals surface area (Å²) in [6, 6.07) is 0. The standard InChI is InChI=1S/C9H13N3O/c1-7(2)4-10-9-11-5-8(13-3)6-12-9/h5-6H,1,4H2,2-3H3,(H,10,11,12). The number of methoxy groups -OCH3 is 1. The number of ether oxygens (including phenoxy) is 1. The summed E-state index contributed by atoms with van der Waals surface area (Å²) in [5.74, 6) is 1.24. The van der Waals surface area contributed by atoms with E-state index >= 15 is 0 Å². The maximum Gasteiger partial charge on any atom is 0.223 e. The molecular weight excluding hydrogens is 166 g/mol. The molecule has 0 aromatic carbocycles. The van der Waals surface area contributed by atoms with Gasteiger partial charge in [0, 0.05) is 6.54 Å². The van der Waals surface area contributed by atoms with Crippen LogP contribution < -0.4 is 10.1 Å². The van der Waals surface area contributed by atoms with Crippen LogP contribution in [0.15, 0.2) is 24.5 Å². The molecular formula is C9H13N3O. The minimum Gasteiger partial charge on any atom is -0.494 e. The highest BCUT2D eigenvalue weighted by molar-refractivity contribution is 5.28. The van der Waals surface area contributed by atoms with E-state index in [4.69, 9.17) is 4.74 Å². The van der Waals surface area contributed by atoms with Crippen molar-refractivity contribution in [1.82, 2.24) is 9.97 Å². The fourth-order valence-corrected chi connectivity index (χ4v) is 0.743. The predicted octanol–water partition coefficient (Wildman–Crippen LogP) is 1.47. The van der Waals surface area contributed by atoms with Gasteiger partial charge in [-0.2, -0.15) is 0 Å². The number of rotatable bonds is 4. The third-order valence-electron chi connectivity index (χ3n) is 1.41. The van der Waals surface area contributed by atoms with Crippen LogP contribution in [-0.2, 0) is 0 Å². The summed E-state index contributed by atoms with van der Waals surface area (Å²) < 4.78 is 4.92. The summed E-state index contributed by atoms with van der Waals surface area (Å²) >= 11 is 0. The Labute approximate surface area is 77.7 Å². The Kier molecular flexibility index (Phi) is 3.25. The van der Waals surface area contributed by atoms with E-state index in [0.717, 1.165) is 5.57 Å². The van der Waals surface area contributed by atoms with Crippen molar-refractivity contribution in [3.05, 3.63) is 24.5 Å². The Hall–Kier alpha value is -1.58. The van der Waals surface area contributed by atoms with Gasteiger partial charge < -0.3 is 10.1 Å². The van der Waals surface area contributed by atoms with Gasteiger partial charge in [0.1, 0.15) is 0 Å². The second kappa shape index (κ2) is 4.45.